The van der Waals surface area contributed by atoms with Crippen LogP contribution in [0.2, 0.25) is 0 Å². The molecule has 0 aliphatic heterocycles. The van der Waals surface area contributed by atoms with Crippen LogP contribution in [0.1, 0.15) is 44.8 Å². The van der Waals surface area contributed by atoms with E-state index in [0.717, 1.165) is 18.8 Å². The van der Waals surface area contributed by atoms with E-state index in [9.17, 15) is 9.90 Å². The molecule has 0 saturated heterocycles. The summed E-state index contributed by atoms with van der Waals surface area (Å²) in [5.74, 6) is 1.42. The SMILES string of the molecule is CCN(CCNC(=O)NCC(C)(O)c1cc(C)oc1C)C(C)C. The van der Waals surface area contributed by atoms with Crippen LogP contribution in [-0.2, 0) is 5.60 Å². The summed E-state index contributed by atoms with van der Waals surface area (Å²) in [4.78, 5) is 14.1. The van der Waals surface area contributed by atoms with Crippen molar-refractivity contribution in [2.24, 2.45) is 0 Å². The molecule has 1 aromatic heterocycles. The third kappa shape index (κ3) is 5.88. The molecular weight excluding hydrogens is 294 g/mol. The number of nitrogens with one attached hydrogen (secondary N) is 2. The number of hydrogen-bond donors (Lipinski definition) is 3. The number of rotatable bonds is 8. The topological polar surface area (TPSA) is 77.7 Å². The maximum absolute atomic E-state index is 11.9. The predicted octanol–water partition coefficient (Wildman–Crippen LogP) is 2.13. The first-order valence-corrected chi connectivity index (χ1v) is 8.23. The van der Waals surface area contributed by atoms with E-state index in [1.807, 2.05) is 13.8 Å². The first kappa shape index (κ1) is 19.5. The van der Waals surface area contributed by atoms with E-state index < -0.39 is 5.60 Å². The van der Waals surface area contributed by atoms with E-state index in [4.69, 9.17) is 4.42 Å². The number of carbonyl (C=O) groups excluding carboxylic acids is 1. The molecule has 132 valence electrons. The highest BCUT2D eigenvalue weighted by molar-refractivity contribution is 5.73. The summed E-state index contributed by atoms with van der Waals surface area (Å²) in [6, 6.07) is 1.98. The number of carbonyl (C=O) groups is 1. The number of hydrogen-bond acceptors (Lipinski definition) is 4. The van der Waals surface area contributed by atoms with Crippen molar-refractivity contribution in [1.29, 1.82) is 0 Å². The van der Waals surface area contributed by atoms with Crippen LogP contribution in [-0.4, -0.2) is 48.3 Å². The average molecular weight is 325 g/mol. The Morgan fingerprint density at radius 1 is 1.39 bits per heavy atom. The fourth-order valence-corrected chi connectivity index (χ4v) is 2.67. The van der Waals surface area contributed by atoms with Gasteiger partial charge < -0.3 is 20.2 Å². The van der Waals surface area contributed by atoms with Crippen molar-refractivity contribution in [2.75, 3.05) is 26.2 Å². The predicted molar refractivity (Wildman–Crippen MR) is 91.5 cm³/mol. The summed E-state index contributed by atoms with van der Waals surface area (Å²) in [6.07, 6.45) is 0. The quantitative estimate of drug-likeness (QED) is 0.684. The molecular formula is C17H31N3O3. The van der Waals surface area contributed by atoms with Crippen LogP contribution in [0, 0.1) is 13.8 Å². The van der Waals surface area contributed by atoms with E-state index in [-0.39, 0.29) is 12.6 Å². The first-order chi connectivity index (χ1) is 10.7. The fraction of sp³-hybridized carbons (Fsp3) is 0.706. The lowest BCUT2D eigenvalue weighted by Crippen LogP contribution is -2.46. The third-order valence-corrected chi connectivity index (χ3v) is 4.04. The standard InChI is InChI=1S/C17H31N3O3/c1-7-20(12(2)3)9-8-18-16(21)19-11-17(6,22)15-10-13(4)23-14(15)5/h10,12,22H,7-9,11H2,1-6H3,(H2,18,19,21). The molecule has 0 fully saturated rings. The number of aryl methyl sites for hydroxylation is 2. The molecule has 6 heteroatoms. The van der Waals surface area contributed by atoms with Gasteiger partial charge in [-0.05, 0) is 47.2 Å². The molecule has 0 aliphatic rings. The van der Waals surface area contributed by atoms with Crippen molar-refractivity contribution >= 4 is 6.03 Å². The summed E-state index contributed by atoms with van der Waals surface area (Å²) >= 11 is 0. The zero-order valence-electron chi connectivity index (χ0n) is 15.2. The van der Waals surface area contributed by atoms with Crippen molar-refractivity contribution in [3.8, 4) is 0 Å². The van der Waals surface area contributed by atoms with E-state index in [2.05, 4.69) is 36.3 Å². The zero-order chi connectivity index (χ0) is 17.6. The van der Waals surface area contributed by atoms with Crippen molar-refractivity contribution in [1.82, 2.24) is 15.5 Å². The second-order valence-electron chi connectivity index (χ2n) is 6.43. The van der Waals surface area contributed by atoms with Crippen molar-refractivity contribution in [3.05, 3.63) is 23.2 Å². The van der Waals surface area contributed by atoms with Crippen LogP contribution in [0.5, 0.6) is 0 Å². The van der Waals surface area contributed by atoms with E-state index in [1.54, 1.807) is 13.0 Å². The lowest BCUT2D eigenvalue weighted by Gasteiger charge is -2.25. The van der Waals surface area contributed by atoms with Gasteiger partial charge in [0.25, 0.3) is 0 Å². The van der Waals surface area contributed by atoms with Gasteiger partial charge in [0.2, 0.25) is 0 Å². The molecule has 6 nitrogen and oxygen atoms in total. The highest BCUT2D eigenvalue weighted by atomic mass is 16.3. The molecule has 1 heterocycles. The molecule has 0 saturated carbocycles. The summed E-state index contributed by atoms with van der Waals surface area (Å²) < 4.78 is 5.44. The molecule has 1 unspecified atom stereocenters. The molecule has 0 aliphatic carbocycles. The molecule has 0 bridgehead atoms. The van der Waals surface area contributed by atoms with Crippen LogP contribution in [0.3, 0.4) is 0 Å². The van der Waals surface area contributed by atoms with Gasteiger partial charge in [0.1, 0.15) is 17.1 Å². The number of aliphatic hydroxyl groups is 1. The van der Waals surface area contributed by atoms with Gasteiger partial charge in [0.05, 0.1) is 6.54 Å². The van der Waals surface area contributed by atoms with E-state index in [1.165, 1.54) is 0 Å². The Labute approximate surface area is 139 Å². The summed E-state index contributed by atoms with van der Waals surface area (Å²) in [7, 11) is 0. The van der Waals surface area contributed by atoms with E-state index in [0.29, 0.717) is 23.9 Å². The van der Waals surface area contributed by atoms with Crippen molar-refractivity contribution in [3.63, 3.8) is 0 Å². The zero-order valence-corrected chi connectivity index (χ0v) is 15.2. The summed E-state index contributed by atoms with van der Waals surface area (Å²) in [5, 5.41) is 16.1. The molecule has 3 N–H and O–H groups in total. The van der Waals surface area contributed by atoms with Gasteiger partial charge in [0, 0.05) is 24.7 Å². The lowest BCUT2D eigenvalue weighted by molar-refractivity contribution is 0.0578. The number of nitrogens with zero attached hydrogens (tertiary/aromatic N) is 1. The second kappa shape index (κ2) is 8.36. The molecule has 1 atom stereocenters. The maximum Gasteiger partial charge on any atom is 0.314 e. The highest BCUT2D eigenvalue weighted by Crippen LogP contribution is 2.26. The molecule has 1 rings (SSSR count). The van der Waals surface area contributed by atoms with Gasteiger partial charge in [-0.1, -0.05) is 6.92 Å². The number of furan rings is 1. The largest absolute Gasteiger partial charge is 0.466 e. The normalized spacial score (nSPS) is 14.1. The smallest absolute Gasteiger partial charge is 0.314 e. The van der Waals surface area contributed by atoms with Crippen LogP contribution >= 0.6 is 0 Å². The minimum atomic E-state index is -1.16. The van der Waals surface area contributed by atoms with Crippen molar-refractivity contribution in [2.45, 2.75) is 53.2 Å². The van der Waals surface area contributed by atoms with Crippen molar-refractivity contribution < 1.29 is 14.3 Å². The minimum absolute atomic E-state index is 0.125. The second-order valence-corrected chi connectivity index (χ2v) is 6.43. The third-order valence-electron chi connectivity index (χ3n) is 4.04. The number of likely N-dealkylation sites (N-methyl/N-ethyl adjacent to an activating group) is 1. The van der Waals surface area contributed by atoms with Crippen LogP contribution < -0.4 is 10.6 Å². The molecule has 0 spiro atoms. The van der Waals surface area contributed by atoms with Crippen LogP contribution in [0.4, 0.5) is 4.79 Å². The lowest BCUT2D eigenvalue weighted by atomic mass is 9.96. The Balaban J connectivity index is 2.42. The molecule has 2 amide bonds. The van der Waals surface area contributed by atoms with E-state index >= 15 is 0 Å². The Morgan fingerprint density at radius 3 is 2.52 bits per heavy atom. The Bertz CT molecular complexity index is 509. The molecule has 0 aromatic carbocycles. The molecule has 0 radical (unpaired) electrons. The van der Waals surface area contributed by atoms with Gasteiger partial charge in [-0.2, -0.15) is 0 Å². The monoisotopic (exact) mass is 325 g/mol. The first-order valence-electron chi connectivity index (χ1n) is 8.23. The Morgan fingerprint density at radius 2 is 2.04 bits per heavy atom. The van der Waals surface area contributed by atoms with Gasteiger partial charge in [-0.25, -0.2) is 4.79 Å². The van der Waals surface area contributed by atoms with Crippen LogP contribution in [0.25, 0.3) is 0 Å². The minimum Gasteiger partial charge on any atom is -0.466 e. The Kier molecular flexibility index (Phi) is 7.09. The average Bonchev–Trinajstić information content (AvgIpc) is 2.81. The summed E-state index contributed by atoms with van der Waals surface area (Å²) in [6.45, 7) is 14.1. The highest BCUT2D eigenvalue weighted by Gasteiger charge is 2.28. The maximum atomic E-state index is 11.9. The fourth-order valence-electron chi connectivity index (χ4n) is 2.67. The van der Waals surface area contributed by atoms with Crippen LogP contribution in [0.15, 0.2) is 10.5 Å². The van der Waals surface area contributed by atoms with Gasteiger partial charge in [-0.15, -0.1) is 0 Å². The number of amides is 2. The summed E-state index contributed by atoms with van der Waals surface area (Å²) in [5.41, 5.74) is -0.459. The molecule has 23 heavy (non-hydrogen) atoms. The molecule has 1 aromatic rings. The van der Waals surface area contributed by atoms with Gasteiger partial charge in [0.15, 0.2) is 0 Å². The van der Waals surface area contributed by atoms with Gasteiger partial charge >= 0.3 is 6.03 Å². The Hall–Kier alpha value is -1.53. The van der Waals surface area contributed by atoms with Gasteiger partial charge in [-0.3, -0.25) is 4.90 Å². The number of urea groups is 1.